The molecule has 3 aromatic rings. The summed E-state index contributed by atoms with van der Waals surface area (Å²) >= 11 is 0. The number of rotatable bonds is 5. The van der Waals surface area contributed by atoms with Gasteiger partial charge in [-0.2, -0.15) is 4.98 Å². The molecule has 0 aliphatic carbocycles. The van der Waals surface area contributed by atoms with E-state index in [-0.39, 0.29) is 0 Å². The number of hydrogen-bond acceptors (Lipinski definition) is 4. The number of hydrogen-bond donors (Lipinski definition) is 1. The molecule has 2 aromatic heterocycles. The van der Waals surface area contributed by atoms with E-state index in [1.165, 1.54) is 0 Å². The van der Waals surface area contributed by atoms with E-state index in [0.717, 1.165) is 30.1 Å². The van der Waals surface area contributed by atoms with E-state index < -0.39 is 0 Å². The minimum Gasteiger partial charge on any atom is -0.436 e. The number of nitrogens with one attached hydrogen (secondary N) is 1. The lowest BCUT2D eigenvalue weighted by atomic mass is 10.2. The van der Waals surface area contributed by atoms with Gasteiger partial charge in [0.05, 0.1) is 6.20 Å². The second kappa shape index (κ2) is 5.83. The van der Waals surface area contributed by atoms with E-state index in [1.807, 2.05) is 48.0 Å². The van der Waals surface area contributed by atoms with Crippen molar-refractivity contribution in [2.24, 2.45) is 0 Å². The van der Waals surface area contributed by atoms with Crippen LogP contribution in [0.15, 0.2) is 42.9 Å². The maximum atomic E-state index is 5.97. The zero-order chi connectivity index (χ0) is 14.7. The summed E-state index contributed by atoms with van der Waals surface area (Å²) < 4.78 is 7.88. The Hall–Kier alpha value is -2.56. The van der Waals surface area contributed by atoms with Gasteiger partial charge in [0.1, 0.15) is 11.6 Å². The van der Waals surface area contributed by atoms with E-state index in [9.17, 15) is 0 Å². The summed E-state index contributed by atoms with van der Waals surface area (Å²) in [6.45, 7) is 5.00. The SMILES string of the molecule is CCCNc1cn2ccnc2c(Oc2ccccc2C)n1. The molecular weight excluding hydrogens is 264 g/mol. The lowest BCUT2D eigenvalue weighted by Gasteiger charge is -2.11. The first-order valence-corrected chi connectivity index (χ1v) is 7.09. The van der Waals surface area contributed by atoms with Crippen LogP contribution in [0.1, 0.15) is 18.9 Å². The minimum atomic E-state index is 0.510. The highest BCUT2D eigenvalue weighted by atomic mass is 16.5. The summed E-state index contributed by atoms with van der Waals surface area (Å²) in [6.07, 6.45) is 6.59. The zero-order valence-electron chi connectivity index (χ0n) is 12.2. The van der Waals surface area contributed by atoms with Gasteiger partial charge in [0, 0.05) is 18.9 Å². The molecule has 3 rings (SSSR count). The van der Waals surface area contributed by atoms with Gasteiger partial charge in [0.25, 0.3) is 5.88 Å². The van der Waals surface area contributed by atoms with Gasteiger partial charge >= 0.3 is 0 Å². The Balaban J connectivity index is 2.00. The fourth-order valence-electron chi connectivity index (χ4n) is 2.08. The van der Waals surface area contributed by atoms with Crippen LogP contribution in [0.4, 0.5) is 5.82 Å². The van der Waals surface area contributed by atoms with Crippen molar-refractivity contribution >= 4 is 11.5 Å². The first-order valence-electron chi connectivity index (χ1n) is 7.09. The third-order valence-corrected chi connectivity index (χ3v) is 3.20. The molecule has 0 atom stereocenters. The number of ether oxygens (including phenoxy) is 1. The minimum absolute atomic E-state index is 0.510. The Morgan fingerprint density at radius 2 is 2.14 bits per heavy atom. The van der Waals surface area contributed by atoms with Crippen molar-refractivity contribution < 1.29 is 4.74 Å². The summed E-state index contributed by atoms with van der Waals surface area (Å²) in [5.41, 5.74) is 1.77. The molecule has 21 heavy (non-hydrogen) atoms. The number of aryl methyl sites for hydroxylation is 1. The Labute approximate surface area is 123 Å². The van der Waals surface area contributed by atoms with Crippen LogP contribution in [0.3, 0.4) is 0 Å². The third-order valence-electron chi connectivity index (χ3n) is 3.20. The molecule has 0 saturated heterocycles. The van der Waals surface area contributed by atoms with Gasteiger partial charge < -0.3 is 10.1 Å². The molecule has 0 bridgehead atoms. The van der Waals surface area contributed by atoms with Crippen LogP contribution in [-0.2, 0) is 0 Å². The lowest BCUT2D eigenvalue weighted by molar-refractivity contribution is 0.462. The average Bonchev–Trinajstić information content (AvgIpc) is 2.96. The van der Waals surface area contributed by atoms with E-state index in [4.69, 9.17) is 4.74 Å². The Morgan fingerprint density at radius 1 is 1.29 bits per heavy atom. The predicted molar refractivity (Wildman–Crippen MR) is 83.0 cm³/mol. The molecular formula is C16H18N4O. The molecule has 1 aromatic carbocycles. The molecule has 0 amide bonds. The van der Waals surface area contributed by atoms with Gasteiger partial charge in [-0.05, 0) is 25.0 Å². The van der Waals surface area contributed by atoms with Crippen molar-refractivity contribution in [3.05, 3.63) is 48.4 Å². The number of benzene rings is 1. The van der Waals surface area contributed by atoms with Gasteiger partial charge in [-0.15, -0.1) is 0 Å². The number of imidazole rings is 1. The Morgan fingerprint density at radius 3 is 2.95 bits per heavy atom. The summed E-state index contributed by atoms with van der Waals surface area (Å²) in [5, 5.41) is 3.28. The fourth-order valence-corrected chi connectivity index (χ4v) is 2.08. The quantitative estimate of drug-likeness (QED) is 0.776. The van der Waals surface area contributed by atoms with Crippen molar-refractivity contribution in [1.82, 2.24) is 14.4 Å². The molecule has 2 heterocycles. The molecule has 0 spiro atoms. The number of anilines is 1. The third kappa shape index (κ3) is 2.81. The average molecular weight is 282 g/mol. The van der Waals surface area contributed by atoms with Crippen LogP contribution in [0.2, 0.25) is 0 Å². The second-order valence-electron chi connectivity index (χ2n) is 4.88. The van der Waals surface area contributed by atoms with Crippen LogP contribution in [0, 0.1) is 6.92 Å². The second-order valence-corrected chi connectivity index (χ2v) is 4.88. The normalized spacial score (nSPS) is 10.8. The fraction of sp³-hybridized carbons (Fsp3) is 0.250. The number of fused-ring (bicyclic) bond motifs is 1. The highest BCUT2D eigenvalue weighted by Crippen LogP contribution is 2.27. The van der Waals surface area contributed by atoms with Crippen LogP contribution in [-0.4, -0.2) is 20.9 Å². The van der Waals surface area contributed by atoms with Crippen molar-refractivity contribution in [2.75, 3.05) is 11.9 Å². The number of nitrogens with zero attached hydrogens (tertiary/aromatic N) is 3. The first-order chi connectivity index (χ1) is 10.3. The highest BCUT2D eigenvalue weighted by molar-refractivity contribution is 5.55. The maximum Gasteiger partial charge on any atom is 0.265 e. The maximum absolute atomic E-state index is 5.97. The molecule has 5 heteroatoms. The van der Waals surface area contributed by atoms with Crippen molar-refractivity contribution in [3.63, 3.8) is 0 Å². The summed E-state index contributed by atoms with van der Waals surface area (Å²) in [6, 6.07) is 7.88. The molecule has 0 unspecified atom stereocenters. The molecule has 108 valence electrons. The number of para-hydroxylation sites is 1. The van der Waals surface area contributed by atoms with E-state index in [0.29, 0.717) is 11.5 Å². The van der Waals surface area contributed by atoms with Gasteiger partial charge in [-0.3, -0.25) is 4.40 Å². The van der Waals surface area contributed by atoms with Crippen molar-refractivity contribution in [2.45, 2.75) is 20.3 Å². The highest BCUT2D eigenvalue weighted by Gasteiger charge is 2.10. The van der Waals surface area contributed by atoms with Gasteiger partial charge in [0.2, 0.25) is 5.65 Å². The van der Waals surface area contributed by atoms with Crippen molar-refractivity contribution in [1.29, 1.82) is 0 Å². The monoisotopic (exact) mass is 282 g/mol. The van der Waals surface area contributed by atoms with Gasteiger partial charge in [-0.1, -0.05) is 25.1 Å². The molecule has 0 aliphatic heterocycles. The van der Waals surface area contributed by atoms with Crippen molar-refractivity contribution in [3.8, 4) is 11.6 Å². The molecule has 0 saturated carbocycles. The number of aromatic nitrogens is 3. The predicted octanol–water partition coefficient (Wildman–Crippen LogP) is 3.65. The molecule has 0 radical (unpaired) electrons. The zero-order valence-corrected chi connectivity index (χ0v) is 12.2. The van der Waals surface area contributed by atoms with Crippen LogP contribution in [0.5, 0.6) is 11.6 Å². The smallest absolute Gasteiger partial charge is 0.265 e. The summed E-state index contributed by atoms with van der Waals surface area (Å²) in [5.74, 6) is 2.09. The molecule has 0 fully saturated rings. The molecule has 1 N–H and O–H groups in total. The Bertz CT molecular complexity index is 751. The van der Waals surface area contributed by atoms with Gasteiger partial charge in [-0.25, -0.2) is 4.98 Å². The Kier molecular flexibility index (Phi) is 3.73. The topological polar surface area (TPSA) is 51.5 Å². The van der Waals surface area contributed by atoms with E-state index in [2.05, 4.69) is 22.2 Å². The van der Waals surface area contributed by atoms with Crippen LogP contribution in [0.25, 0.3) is 5.65 Å². The van der Waals surface area contributed by atoms with E-state index in [1.54, 1.807) is 6.20 Å². The molecule has 0 aliphatic rings. The standard InChI is InChI=1S/C16H18N4O/c1-3-8-17-14-11-20-10-9-18-15(20)16(19-14)21-13-7-5-4-6-12(13)2/h4-7,9-11,17H,3,8H2,1-2H3. The first kappa shape index (κ1) is 13.4. The lowest BCUT2D eigenvalue weighted by Crippen LogP contribution is -2.05. The van der Waals surface area contributed by atoms with Crippen LogP contribution < -0.4 is 10.1 Å². The van der Waals surface area contributed by atoms with Crippen LogP contribution >= 0.6 is 0 Å². The molecule has 5 nitrogen and oxygen atoms in total. The summed E-state index contributed by atoms with van der Waals surface area (Å²) in [7, 11) is 0. The largest absolute Gasteiger partial charge is 0.436 e. The summed E-state index contributed by atoms with van der Waals surface area (Å²) in [4.78, 5) is 8.84. The van der Waals surface area contributed by atoms with Gasteiger partial charge in [0.15, 0.2) is 0 Å². The van der Waals surface area contributed by atoms with E-state index >= 15 is 0 Å².